The first-order valence-corrected chi connectivity index (χ1v) is 7.22. The molecule has 0 aliphatic carbocycles. The highest BCUT2D eigenvalue weighted by Crippen LogP contribution is 2.44. The molecule has 24 heavy (non-hydrogen) atoms. The van der Waals surface area contributed by atoms with Crippen LogP contribution in [0.15, 0.2) is 35.5 Å². The second-order valence-corrected chi connectivity index (χ2v) is 5.73. The van der Waals surface area contributed by atoms with Crippen LogP contribution in [-0.2, 0) is 0 Å². The molecule has 0 aliphatic heterocycles. The van der Waals surface area contributed by atoms with Crippen LogP contribution in [0.1, 0.15) is 0 Å². The van der Waals surface area contributed by atoms with Gasteiger partial charge >= 0.3 is 0 Å². The molecule has 2 aromatic carbocycles. The summed E-state index contributed by atoms with van der Waals surface area (Å²) in [5.41, 5.74) is 1.05. The summed E-state index contributed by atoms with van der Waals surface area (Å²) < 4.78 is 26.9. The lowest BCUT2D eigenvalue weighted by atomic mass is 10.1. The number of aromatic nitrogens is 2. The van der Waals surface area contributed by atoms with Gasteiger partial charge in [-0.25, -0.2) is 8.78 Å². The lowest BCUT2D eigenvalue weighted by molar-refractivity contribution is 0.460. The number of benzene rings is 2. The Morgan fingerprint density at radius 2 is 1.75 bits per heavy atom. The molecule has 4 aromatic rings. The Balaban J connectivity index is 2.12. The standard InChI is InChI=1S/C16H8ClF2N3O2/c17-6-1-2-11-7(3-6)13(16(23)21-11)15-14(22-24)8-4-9(18)10(19)5-12(8)20-15/h1-5,20-21,23H. The van der Waals surface area contributed by atoms with E-state index < -0.39 is 11.6 Å². The second-order valence-electron chi connectivity index (χ2n) is 5.29. The van der Waals surface area contributed by atoms with Gasteiger partial charge in [-0.3, -0.25) is 0 Å². The van der Waals surface area contributed by atoms with E-state index in [0.29, 0.717) is 15.9 Å². The third-order valence-electron chi connectivity index (χ3n) is 3.89. The van der Waals surface area contributed by atoms with E-state index in [1.807, 2.05) is 0 Å². The third-order valence-corrected chi connectivity index (χ3v) is 4.13. The van der Waals surface area contributed by atoms with E-state index in [4.69, 9.17) is 11.6 Å². The molecule has 0 bridgehead atoms. The number of aromatic hydroxyl groups is 1. The first-order valence-electron chi connectivity index (χ1n) is 6.84. The molecule has 3 N–H and O–H groups in total. The number of aromatic amines is 2. The van der Waals surface area contributed by atoms with Gasteiger partial charge in [0.15, 0.2) is 17.5 Å². The second kappa shape index (κ2) is 5.04. The van der Waals surface area contributed by atoms with Crippen LogP contribution in [0.5, 0.6) is 5.88 Å². The molecule has 0 unspecified atom stereocenters. The summed E-state index contributed by atoms with van der Waals surface area (Å²) in [6, 6.07) is 6.72. The smallest absolute Gasteiger partial charge is 0.199 e. The monoisotopic (exact) mass is 347 g/mol. The SMILES string of the molecule is O=Nc1c(-c2c(O)[nH]c3ccc(Cl)cc23)[nH]c2cc(F)c(F)cc12. The maximum atomic E-state index is 13.5. The van der Waals surface area contributed by atoms with Crippen LogP contribution in [0.2, 0.25) is 5.02 Å². The zero-order valence-corrected chi connectivity index (χ0v) is 12.6. The number of nitroso groups, excluding NO2 is 1. The van der Waals surface area contributed by atoms with Crippen LogP contribution in [-0.4, -0.2) is 15.1 Å². The van der Waals surface area contributed by atoms with E-state index in [1.165, 1.54) is 0 Å². The Morgan fingerprint density at radius 1 is 1.00 bits per heavy atom. The van der Waals surface area contributed by atoms with Crippen molar-refractivity contribution in [2.45, 2.75) is 0 Å². The number of hydrogen-bond acceptors (Lipinski definition) is 3. The fourth-order valence-electron chi connectivity index (χ4n) is 2.85. The molecule has 5 nitrogen and oxygen atoms in total. The molecule has 2 aromatic heterocycles. The highest BCUT2D eigenvalue weighted by Gasteiger charge is 2.22. The van der Waals surface area contributed by atoms with Crippen molar-refractivity contribution < 1.29 is 13.9 Å². The molecule has 0 saturated carbocycles. The molecule has 0 fully saturated rings. The molecule has 0 atom stereocenters. The summed E-state index contributed by atoms with van der Waals surface area (Å²) in [5.74, 6) is -2.37. The zero-order valence-electron chi connectivity index (χ0n) is 11.8. The molecule has 120 valence electrons. The van der Waals surface area contributed by atoms with Crippen LogP contribution in [0.4, 0.5) is 14.5 Å². The van der Waals surface area contributed by atoms with Crippen LogP contribution in [0.25, 0.3) is 33.1 Å². The summed E-state index contributed by atoms with van der Waals surface area (Å²) in [6.45, 7) is 0. The molecule has 0 aliphatic rings. The number of halogens is 3. The Labute approximate surface area is 137 Å². The average molecular weight is 348 g/mol. The van der Waals surface area contributed by atoms with Gasteiger partial charge in [-0.15, -0.1) is 4.91 Å². The Kier molecular flexibility index (Phi) is 3.07. The minimum atomic E-state index is -1.09. The summed E-state index contributed by atoms with van der Waals surface area (Å²) in [4.78, 5) is 16.9. The van der Waals surface area contributed by atoms with Crippen molar-refractivity contribution in [1.29, 1.82) is 0 Å². The summed E-state index contributed by atoms with van der Waals surface area (Å²) >= 11 is 5.99. The topological polar surface area (TPSA) is 81.2 Å². The largest absolute Gasteiger partial charge is 0.494 e. The number of rotatable bonds is 2. The van der Waals surface area contributed by atoms with Gasteiger partial charge in [0.2, 0.25) is 0 Å². The molecule has 4 rings (SSSR count). The quantitative estimate of drug-likeness (QED) is 0.427. The van der Waals surface area contributed by atoms with E-state index in [-0.39, 0.29) is 33.7 Å². The van der Waals surface area contributed by atoms with E-state index in [2.05, 4.69) is 15.1 Å². The molecule has 8 heteroatoms. The predicted octanol–water partition coefficient (Wildman–Crippen LogP) is 5.35. The third kappa shape index (κ3) is 1.98. The van der Waals surface area contributed by atoms with E-state index in [1.54, 1.807) is 18.2 Å². The van der Waals surface area contributed by atoms with Crippen molar-refractivity contribution >= 4 is 39.1 Å². The highest BCUT2D eigenvalue weighted by atomic mass is 35.5. The Hall–Kier alpha value is -2.93. The van der Waals surface area contributed by atoms with Crippen LogP contribution in [0.3, 0.4) is 0 Å². The van der Waals surface area contributed by atoms with E-state index in [0.717, 1.165) is 12.1 Å². The lowest BCUT2D eigenvalue weighted by Crippen LogP contribution is -1.82. The lowest BCUT2D eigenvalue weighted by Gasteiger charge is -1.99. The normalized spacial score (nSPS) is 11.5. The average Bonchev–Trinajstić information content (AvgIpc) is 3.03. The van der Waals surface area contributed by atoms with E-state index in [9.17, 15) is 18.8 Å². The van der Waals surface area contributed by atoms with Crippen molar-refractivity contribution in [2.75, 3.05) is 0 Å². The van der Waals surface area contributed by atoms with Crippen molar-refractivity contribution in [1.82, 2.24) is 9.97 Å². The predicted molar refractivity (Wildman–Crippen MR) is 87.6 cm³/mol. The molecular formula is C16H8ClF2N3O2. The summed E-state index contributed by atoms with van der Waals surface area (Å²) in [6.07, 6.45) is 0. The Bertz CT molecular complexity index is 1130. The number of fused-ring (bicyclic) bond motifs is 2. The van der Waals surface area contributed by atoms with Crippen LogP contribution < -0.4 is 0 Å². The van der Waals surface area contributed by atoms with Gasteiger partial charge in [0.05, 0.1) is 16.8 Å². The molecule has 2 heterocycles. The van der Waals surface area contributed by atoms with Gasteiger partial charge in [-0.05, 0) is 29.4 Å². The van der Waals surface area contributed by atoms with Crippen molar-refractivity contribution in [3.05, 3.63) is 51.9 Å². The number of nitrogens with zero attached hydrogens (tertiary/aromatic N) is 1. The van der Waals surface area contributed by atoms with Gasteiger partial charge in [0, 0.05) is 27.4 Å². The first kappa shape index (κ1) is 14.6. The minimum Gasteiger partial charge on any atom is -0.494 e. The maximum Gasteiger partial charge on any atom is 0.199 e. The fourth-order valence-corrected chi connectivity index (χ4v) is 3.03. The highest BCUT2D eigenvalue weighted by molar-refractivity contribution is 6.31. The van der Waals surface area contributed by atoms with Gasteiger partial charge < -0.3 is 15.1 Å². The minimum absolute atomic E-state index is 0.120. The van der Waals surface area contributed by atoms with Crippen LogP contribution in [0, 0.1) is 16.5 Å². The van der Waals surface area contributed by atoms with Crippen LogP contribution >= 0.6 is 11.6 Å². The Morgan fingerprint density at radius 3 is 2.50 bits per heavy atom. The number of hydrogen-bond donors (Lipinski definition) is 3. The summed E-state index contributed by atoms with van der Waals surface area (Å²) in [7, 11) is 0. The van der Waals surface area contributed by atoms with Gasteiger partial charge in [0.25, 0.3) is 0 Å². The summed E-state index contributed by atoms with van der Waals surface area (Å²) in [5, 5.41) is 14.2. The van der Waals surface area contributed by atoms with Gasteiger partial charge in [-0.1, -0.05) is 11.6 Å². The zero-order chi connectivity index (χ0) is 17.0. The van der Waals surface area contributed by atoms with Crippen molar-refractivity contribution in [3.8, 4) is 17.1 Å². The maximum absolute atomic E-state index is 13.5. The van der Waals surface area contributed by atoms with E-state index >= 15 is 0 Å². The molecular weight excluding hydrogens is 340 g/mol. The van der Waals surface area contributed by atoms with Crippen molar-refractivity contribution in [3.63, 3.8) is 0 Å². The van der Waals surface area contributed by atoms with Gasteiger partial charge in [-0.2, -0.15) is 0 Å². The molecule has 0 radical (unpaired) electrons. The van der Waals surface area contributed by atoms with Crippen molar-refractivity contribution in [2.24, 2.45) is 5.18 Å². The number of H-pyrrole nitrogens is 2. The fraction of sp³-hybridized carbons (Fsp3) is 0. The number of nitrogens with one attached hydrogen (secondary N) is 2. The first-order chi connectivity index (χ1) is 11.5. The molecule has 0 spiro atoms. The van der Waals surface area contributed by atoms with Gasteiger partial charge in [0.1, 0.15) is 5.69 Å². The molecule has 0 amide bonds. The molecule has 0 saturated heterocycles.